The van der Waals surface area contributed by atoms with E-state index < -0.39 is 0 Å². The molecule has 0 bridgehead atoms. The quantitative estimate of drug-likeness (QED) is 0.716. The van der Waals surface area contributed by atoms with Crippen LogP contribution in [-0.2, 0) is 5.41 Å². The first-order chi connectivity index (χ1) is 11.3. The highest BCUT2D eigenvalue weighted by Gasteiger charge is 2.37. The molecular weight excluding hydrogens is 284 g/mol. The van der Waals surface area contributed by atoms with Crippen molar-refractivity contribution in [3.8, 4) is 11.5 Å². The van der Waals surface area contributed by atoms with Gasteiger partial charge in [-0.05, 0) is 62.1 Å². The van der Waals surface area contributed by atoms with Crippen LogP contribution in [0.15, 0.2) is 48.5 Å². The van der Waals surface area contributed by atoms with E-state index in [9.17, 15) is 0 Å². The fourth-order valence-corrected chi connectivity index (χ4v) is 3.81. The maximum absolute atomic E-state index is 5.72. The van der Waals surface area contributed by atoms with E-state index in [1.54, 1.807) is 0 Å². The molecule has 0 atom stereocenters. The van der Waals surface area contributed by atoms with Crippen molar-refractivity contribution in [2.75, 3.05) is 13.2 Å². The summed E-state index contributed by atoms with van der Waals surface area (Å²) in [5.41, 5.74) is 2.90. The van der Waals surface area contributed by atoms with Crippen LogP contribution >= 0.6 is 0 Å². The van der Waals surface area contributed by atoms with Gasteiger partial charge in [0.1, 0.15) is 11.5 Å². The lowest BCUT2D eigenvalue weighted by atomic mass is 9.73. The van der Waals surface area contributed by atoms with Crippen LogP contribution in [0.3, 0.4) is 0 Å². The molecule has 0 amide bonds. The highest BCUT2D eigenvalue weighted by molar-refractivity contribution is 5.45. The van der Waals surface area contributed by atoms with Crippen LogP contribution in [0.25, 0.3) is 0 Å². The molecule has 3 rings (SSSR count). The SMILES string of the molecule is CCOc1ccc(C2(c3cccc(OCC)c3)CCCC2)cc1. The zero-order chi connectivity index (χ0) is 16.1. The number of benzene rings is 2. The second kappa shape index (κ2) is 7.08. The summed E-state index contributed by atoms with van der Waals surface area (Å²) in [6.45, 7) is 5.47. The summed E-state index contributed by atoms with van der Waals surface area (Å²) < 4.78 is 11.3. The van der Waals surface area contributed by atoms with E-state index in [-0.39, 0.29) is 5.41 Å². The first-order valence-corrected chi connectivity index (χ1v) is 8.75. The van der Waals surface area contributed by atoms with Crippen LogP contribution in [0.4, 0.5) is 0 Å². The van der Waals surface area contributed by atoms with E-state index >= 15 is 0 Å². The second-order valence-electron chi connectivity index (χ2n) is 6.21. The molecule has 23 heavy (non-hydrogen) atoms. The van der Waals surface area contributed by atoms with Gasteiger partial charge in [-0.3, -0.25) is 0 Å². The molecule has 122 valence electrons. The monoisotopic (exact) mass is 310 g/mol. The Hall–Kier alpha value is -1.96. The highest BCUT2D eigenvalue weighted by Crippen LogP contribution is 2.47. The Morgan fingerprint density at radius 1 is 0.783 bits per heavy atom. The highest BCUT2D eigenvalue weighted by atomic mass is 16.5. The minimum absolute atomic E-state index is 0.123. The topological polar surface area (TPSA) is 18.5 Å². The van der Waals surface area contributed by atoms with Gasteiger partial charge in [-0.2, -0.15) is 0 Å². The molecule has 2 aromatic carbocycles. The molecule has 1 saturated carbocycles. The van der Waals surface area contributed by atoms with E-state index in [1.165, 1.54) is 36.8 Å². The molecule has 0 saturated heterocycles. The maximum Gasteiger partial charge on any atom is 0.119 e. The second-order valence-corrected chi connectivity index (χ2v) is 6.21. The van der Waals surface area contributed by atoms with Crippen molar-refractivity contribution in [3.05, 3.63) is 59.7 Å². The molecule has 0 N–H and O–H groups in total. The van der Waals surface area contributed by atoms with Gasteiger partial charge >= 0.3 is 0 Å². The fraction of sp³-hybridized carbons (Fsp3) is 0.429. The van der Waals surface area contributed by atoms with Gasteiger partial charge < -0.3 is 9.47 Å². The molecule has 1 aliphatic carbocycles. The third-order valence-corrected chi connectivity index (χ3v) is 4.87. The molecule has 2 nitrogen and oxygen atoms in total. The number of hydrogen-bond donors (Lipinski definition) is 0. The predicted molar refractivity (Wildman–Crippen MR) is 94.5 cm³/mol. The van der Waals surface area contributed by atoms with Crippen LogP contribution in [-0.4, -0.2) is 13.2 Å². The average molecular weight is 310 g/mol. The van der Waals surface area contributed by atoms with E-state index in [0.717, 1.165) is 11.5 Å². The van der Waals surface area contributed by atoms with E-state index in [1.807, 2.05) is 19.9 Å². The predicted octanol–water partition coefficient (Wildman–Crippen LogP) is 5.34. The summed E-state index contributed by atoms with van der Waals surface area (Å²) in [4.78, 5) is 0. The van der Waals surface area contributed by atoms with Crippen LogP contribution in [0, 0.1) is 0 Å². The molecule has 0 aliphatic heterocycles. The molecule has 0 unspecified atom stereocenters. The Morgan fingerprint density at radius 2 is 1.43 bits per heavy atom. The maximum atomic E-state index is 5.72. The molecule has 1 fully saturated rings. The lowest BCUT2D eigenvalue weighted by Crippen LogP contribution is -2.23. The van der Waals surface area contributed by atoms with Gasteiger partial charge in [0.05, 0.1) is 13.2 Å². The van der Waals surface area contributed by atoms with Gasteiger partial charge in [0.25, 0.3) is 0 Å². The molecule has 0 heterocycles. The summed E-state index contributed by atoms with van der Waals surface area (Å²) in [5.74, 6) is 1.93. The Kier molecular flexibility index (Phi) is 4.90. The van der Waals surface area contributed by atoms with Gasteiger partial charge in [-0.25, -0.2) is 0 Å². The Balaban J connectivity index is 1.97. The Labute approximate surface area is 139 Å². The average Bonchev–Trinajstić information content (AvgIpc) is 3.07. The van der Waals surface area contributed by atoms with Crippen molar-refractivity contribution < 1.29 is 9.47 Å². The van der Waals surface area contributed by atoms with E-state index in [0.29, 0.717) is 13.2 Å². The smallest absolute Gasteiger partial charge is 0.119 e. The third-order valence-electron chi connectivity index (χ3n) is 4.87. The molecular formula is C21H26O2. The zero-order valence-electron chi connectivity index (χ0n) is 14.2. The van der Waals surface area contributed by atoms with Crippen molar-refractivity contribution in [2.45, 2.75) is 44.9 Å². The molecule has 2 heteroatoms. The van der Waals surface area contributed by atoms with Crippen molar-refractivity contribution >= 4 is 0 Å². The Bertz CT molecular complexity index is 625. The number of ether oxygens (including phenoxy) is 2. The lowest BCUT2D eigenvalue weighted by molar-refractivity contribution is 0.338. The van der Waals surface area contributed by atoms with Crippen LogP contribution in [0.1, 0.15) is 50.7 Å². The Morgan fingerprint density at radius 3 is 2.09 bits per heavy atom. The molecule has 0 radical (unpaired) electrons. The summed E-state index contributed by atoms with van der Waals surface area (Å²) in [7, 11) is 0. The molecule has 1 aliphatic rings. The van der Waals surface area contributed by atoms with Gasteiger partial charge in [0.15, 0.2) is 0 Å². The number of hydrogen-bond acceptors (Lipinski definition) is 2. The largest absolute Gasteiger partial charge is 0.494 e. The summed E-state index contributed by atoms with van der Waals surface area (Å²) in [6, 6.07) is 17.3. The van der Waals surface area contributed by atoms with Crippen LogP contribution in [0.5, 0.6) is 11.5 Å². The summed E-state index contributed by atoms with van der Waals surface area (Å²) >= 11 is 0. The molecule has 0 aromatic heterocycles. The van der Waals surface area contributed by atoms with Crippen molar-refractivity contribution in [1.82, 2.24) is 0 Å². The van der Waals surface area contributed by atoms with Gasteiger partial charge in [-0.15, -0.1) is 0 Å². The third kappa shape index (κ3) is 3.21. The van der Waals surface area contributed by atoms with E-state index in [4.69, 9.17) is 9.47 Å². The van der Waals surface area contributed by atoms with Crippen molar-refractivity contribution in [1.29, 1.82) is 0 Å². The standard InChI is InChI=1S/C21H26O2/c1-3-22-19-12-10-17(11-13-19)21(14-5-6-15-21)18-8-7-9-20(16-18)23-4-2/h7-13,16H,3-6,14-15H2,1-2H3. The van der Waals surface area contributed by atoms with Gasteiger partial charge in [0.2, 0.25) is 0 Å². The van der Waals surface area contributed by atoms with Crippen molar-refractivity contribution in [3.63, 3.8) is 0 Å². The van der Waals surface area contributed by atoms with Gasteiger partial charge in [0, 0.05) is 5.41 Å². The lowest BCUT2D eigenvalue weighted by Gasteiger charge is -2.31. The van der Waals surface area contributed by atoms with Crippen LogP contribution in [0.2, 0.25) is 0 Å². The fourth-order valence-electron chi connectivity index (χ4n) is 3.81. The summed E-state index contributed by atoms with van der Waals surface area (Å²) in [6.07, 6.45) is 4.98. The summed E-state index contributed by atoms with van der Waals surface area (Å²) in [5, 5.41) is 0. The first-order valence-electron chi connectivity index (χ1n) is 8.75. The molecule has 0 spiro atoms. The first kappa shape index (κ1) is 15.9. The van der Waals surface area contributed by atoms with Crippen LogP contribution < -0.4 is 9.47 Å². The normalized spacial score (nSPS) is 16.3. The molecule has 2 aromatic rings. The minimum Gasteiger partial charge on any atom is -0.494 e. The van der Waals surface area contributed by atoms with Gasteiger partial charge in [-0.1, -0.05) is 37.1 Å². The van der Waals surface area contributed by atoms with Crippen molar-refractivity contribution in [2.24, 2.45) is 0 Å². The zero-order valence-corrected chi connectivity index (χ0v) is 14.2. The minimum atomic E-state index is 0.123. The number of rotatable bonds is 6. The van der Waals surface area contributed by atoms with E-state index in [2.05, 4.69) is 42.5 Å².